The van der Waals surface area contributed by atoms with E-state index in [-0.39, 0.29) is 5.91 Å². The van der Waals surface area contributed by atoms with Crippen molar-refractivity contribution in [3.63, 3.8) is 0 Å². The van der Waals surface area contributed by atoms with Gasteiger partial charge in [-0.2, -0.15) is 0 Å². The van der Waals surface area contributed by atoms with Crippen molar-refractivity contribution >= 4 is 28.1 Å². The van der Waals surface area contributed by atoms with Gasteiger partial charge >= 0.3 is 60.3 Å². The van der Waals surface area contributed by atoms with Gasteiger partial charge in [0.2, 0.25) is 0 Å². The fourth-order valence-corrected chi connectivity index (χ4v) is 1.25. The first-order valence-electron chi connectivity index (χ1n) is 2.60. The molecule has 0 saturated heterocycles. The van der Waals surface area contributed by atoms with E-state index in [9.17, 15) is 9.59 Å². The molecule has 0 rings (SSSR count). The Morgan fingerprint density at radius 1 is 1.78 bits per heavy atom. The van der Waals surface area contributed by atoms with Crippen molar-refractivity contribution in [3.05, 3.63) is 0 Å². The van der Waals surface area contributed by atoms with Crippen molar-refractivity contribution in [2.75, 3.05) is 0 Å². The number of amides is 2. The van der Waals surface area contributed by atoms with Crippen LogP contribution < -0.4 is 5.32 Å². The van der Waals surface area contributed by atoms with Gasteiger partial charge in [-0.15, -0.1) is 0 Å². The molecule has 0 aliphatic heterocycles. The normalized spacial score (nSPS) is 9.89. The van der Waals surface area contributed by atoms with Crippen LogP contribution in [0.5, 0.6) is 0 Å². The van der Waals surface area contributed by atoms with Crippen molar-refractivity contribution in [3.8, 4) is 0 Å². The number of hydrogen-bond acceptors (Lipinski definition) is 2. The van der Waals surface area contributed by atoms with Gasteiger partial charge in [0, 0.05) is 0 Å². The molecular formula is C5H9AsNO2. The van der Waals surface area contributed by atoms with E-state index in [1.54, 1.807) is 0 Å². The van der Waals surface area contributed by atoms with Crippen LogP contribution in [-0.4, -0.2) is 28.1 Å². The zero-order valence-corrected chi connectivity index (χ0v) is 7.13. The Labute approximate surface area is 60.9 Å². The van der Waals surface area contributed by atoms with E-state index in [0.717, 1.165) is 5.21 Å². The standard InChI is InChI=1S/C5H9AsNO2/c1-6-3-2-5(9)7-4-8/h4H,2-3H2,1H3,(H,7,8,9). The van der Waals surface area contributed by atoms with E-state index in [1.165, 1.54) is 0 Å². The summed E-state index contributed by atoms with van der Waals surface area (Å²) in [6.07, 6.45) is 0.920. The van der Waals surface area contributed by atoms with Crippen LogP contribution in [0.4, 0.5) is 0 Å². The molecule has 0 aromatic heterocycles. The maximum absolute atomic E-state index is 10.5. The number of imide groups is 1. The molecular weight excluding hydrogens is 181 g/mol. The van der Waals surface area contributed by atoms with Crippen LogP contribution in [0.15, 0.2) is 0 Å². The van der Waals surface area contributed by atoms with E-state index in [4.69, 9.17) is 0 Å². The number of carbonyl (C=O) groups is 2. The van der Waals surface area contributed by atoms with Crippen molar-refractivity contribution in [1.82, 2.24) is 5.32 Å². The zero-order valence-electron chi connectivity index (χ0n) is 5.26. The predicted molar refractivity (Wildman–Crippen MR) is 35.2 cm³/mol. The minimum absolute atomic E-state index is 0.165. The molecule has 9 heavy (non-hydrogen) atoms. The summed E-state index contributed by atoms with van der Waals surface area (Å²) >= 11 is 0.303. The summed E-state index contributed by atoms with van der Waals surface area (Å²) in [6, 6.07) is 0. The summed E-state index contributed by atoms with van der Waals surface area (Å²) < 4.78 is 0. The van der Waals surface area contributed by atoms with E-state index < -0.39 is 0 Å². The predicted octanol–water partition coefficient (Wildman–Crippen LogP) is -0.180. The Balaban J connectivity index is 3.16. The molecule has 0 unspecified atom stereocenters. The number of carbonyl (C=O) groups excluding carboxylic acids is 2. The quantitative estimate of drug-likeness (QED) is 0.493. The molecule has 1 N–H and O–H groups in total. The molecule has 0 saturated carbocycles. The van der Waals surface area contributed by atoms with Crippen molar-refractivity contribution in [1.29, 1.82) is 0 Å². The van der Waals surface area contributed by atoms with Crippen LogP contribution in [-0.2, 0) is 9.59 Å². The second-order valence-corrected chi connectivity index (χ2v) is 3.74. The van der Waals surface area contributed by atoms with Crippen LogP contribution in [0.1, 0.15) is 6.42 Å². The molecule has 0 spiro atoms. The summed E-state index contributed by atoms with van der Waals surface area (Å²) in [7, 11) is 0. The van der Waals surface area contributed by atoms with Crippen molar-refractivity contribution in [2.24, 2.45) is 0 Å². The Bertz CT molecular complexity index is 105. The van der Waals surface area contributed by atoms with Crippen LogP contribution in [0, 0.1) is 0 Å². The Morgan fingerprint density at radius 3 is 2.89 bits per heavy atom. The van der Waals surface area contributed by atoms with Gasteiger partial charge in [0.25, 0.3) is 0 Å². The van der Waals surface area contributed by atoms with Crippen LogP contribution >= 0.6 is 0 Å². The van der Waals surface area contributed by atoms with Crippen molar-refractivity contribution in [2.45, 2.75) is 17.3 Å². The van der Waals surface area contributed by atoms with E-state index >= 15 is 0 Å². The average molecular weight is 190 g/mol. The zero-order chi connectivity index (χ0) is 7.11. The minimum atomic E-state index is -0.165. The molecule has 0 fully saturated rings. The Hall–Kier alpha value is -0.302. The van der Waals surface area contributed by atoms with Gasteiger partial charge in [0.15, 0.2) is 0 Å². The molecule has 0 atom stereocenters. The second kappa shape index (κ2) is 5.83. The molecule has 1 radical (unpaired) electrons. The van der Waals surface area contributed by atoms with E-state index in [2.05, 4.69) is 11.0 Å². The maximum atomic E-state index is 10.5. The van der Waals surface area contributed by atoms with Crippen molar-refractivity contribution < 1.29 is 9.59 Å². The van der Waals surface area contributed by atoms with Gasteiger partial charge in [-0.05, 0) is 0 Å². The molecule has 0 aliphatic carbocycles. The molecule has 0 bridgehead atoms. The SMILES string of the molecule is C[As]CCC(=O)NC=O. The molecule has 2 amide bonds. The average Bonchev–Trinajstić information content (AvgIpc) is 1.85. The third-order valence-corrected chi connectivity index (χ3v) is 2.19. The van der Waals surface area contributed by atoms with Gasteiger partial charge in [0.1, 0.15) is 0 Å². The molecule has 0 aromatic rings. The van der Waals surface area contributed by atoms with Crippen LogP contribution in [0.3, 0.4) is 0 Å². The van der Waals surface area contributed by atoms with Gasteiger partial charge in [-0.25, -0.2) is 0 Å². The van der Waals surface area contributed by atoms with Gasteiger partial charge in [-0.3, -0.25) is 0 Å². The topological polar surface area (TPSA) is 46.2 Å². The molecule has 0 heterocycles. The summed E-state index contributed by atoms with van der Waals surface area (Å²) in [5, 5.41) is 3.02. The fraction of sp³-hybridized carbons (Fsp3) is 0.600. The number of nitrogens with one attached hydrogen (secondary N) is 1. The molecule has 0 aliphatic rings. The van der Waals surface area contributed by atoms with Crippen LogP contribution in [0.2, 0.25) is 10.9 Å². The first-order chi connectivity index (χ1) is 4.31. The van der Waals surface area contributed by atoms with E-state index in [0.29, 0.717) is 28.6 Å². The number of hydrogen-bond donors (Lipinski definition) is 1. The first kappa shape index (κ1) is 8.70. The molecule has 3 nitrogen and oxygen atoms in total. The Kier molecular flexibility index (Phi) is 5.63. The second-order valence-electron chi connectivity index (χ2n) is 1.48. The van der Waals surface area contributed by atoms with E-state index in [1.807, 2.05) is 0 Å². The van der Waals surface area contributed by atoms with Gasteiger partial charge in [-0.1, -0.05) is 0 Å². The first-order valence-corrected chi connectivity index (χ1v) is 5.80. The Morgan fingerprint density at radius 2 is 2.44 bits per heavy atom. The third-order valence-electron chi connectivity index (χ3n) is 0.782. The monoisotopic (exact) mass is 190 g/mol. The number of rotatable bonds is 4. The summed E-state index contributed by atoms with van der Waals surface area (Å²) in [6.45, 7) is 0. The summed E-state index contributed by atoms with van der Waals surface area (Å²) in [5.74, 6) is -0.165. The van der Waals surface area contributed by atoms with Gasteiger partial charge < -0.3 is 0 Å². The van der Waals surface area contributed by atoms with Gasteiger partial charge in [0.05, 0.1) is 0 Å². The fourth-order valence-electron chi connectivity index (χ4n) is 0.351. The summed E-state index contributed by atoms with van der Waals surface area (Å²) in [4.78, 5) is 20.1. The molecule has 51 valence electrons. The van der Waals surface area contributed by atoms with Crippen LogP contribution in [0.25, 0.3) is 0 Å². The third kappa shape index (κ3) is 5.57. The molecule has 0 aromatic carbocycles. The summed E-state index contributed by atoms with van der Waals surface area (Å²) in [5.41, 5.74) is 2.09. The molecule has 4 heteroatoms.